The van der Waals surface area contributed by atoms with E-state index in [4.69, 9.17) is 0 Å². The molecular weight excluding hydrogens is 258 g/mol. The molecular formula is C18H29N3. The molecule has 0 spiro atoms. The highest BCUT2D eigenvalue weighted by atomic mass is 15.2. The molecule has 0 bridgehead atoms. The fourth-order valence-corrected chi connectivity index (χ4v) is 2.68. The Morgan fingerprint density at radius 2 is 1.90 bits per heavy atom. The molecule has 0 amide bonds. The van der Waals surface area contributed by atoms with Crippen LogP contribution in [0.2, 0.25) is 0 Å². The third-order valence-corrected chi connectivity index (χ3v) is 3.64. The number of rotatable bonds is 9. The molecule has 0 saturated heterocycles. The van der Waals surface area contributed by atoms with Crippen LogP contribution in [0.1, 0.15) is 45.6 Å². The number of nitrogens with one attached hydrogen (secondary N) is 1. The van der Waals surface area contributed by atoms with E-state index in [1.54, 1.807) is 0 Å². The molecule has 1 atom stereocenters. The van der Waals surface area contributed by atoms with Gasteiger partial charge in [-0.3, -0.25) is 5.32 Å². The smallest absolute Gasteiger partial charge is 0.145 e. The lowest BCUT2D eigenvalue weighted by atomic mass is 9.89. The lowest BCUT2D eigenvalue weighted by Crippen LogP contribution is -2.52. The molecule has 1 N–H and O–H groups in total. The Balaban J connectivity index is 2.89. The third kappa shape index (κ3) is 5.49. The molecule has 1 unspecified atom stereocenters. The van der Waals surface area contributed by atoms with Gasteiger partial charge in [-0.15, -0.1) is 0 Å². The van der Waals surface area contributed by atoms with Gasteiger partial charge in [-0.2, -0.15) is 5.26 Å². The van der Waals surface area contributed by atoms with E-state index < -0.39 is 5.54 Å². The van der Waals surface area contributed by atoms with Gasteiger partial charge in [0.15, 0.2) is 0 Å². The molecule has 0 aliphatic heterocycles. The first kappa shape index (κ1) is 17.7. The van der Waals surface area contributed by atoms with Crippen molar-refractivity contribution in [1.29, 1.82) is 5.26 Å². The summed E-state index contributed by atoms with van der Waals surface area (Å²) in [6.45, 7) is 8.13. The fourth-order valence-electron chi connectivity index (χ4n) is 2.68. The SMILES string of the molecule is CCCCCN(C)CC(C#N)(NC(C)C)c1ccccc1. The van der Waals surface area contributed by atoms with Crippen LogP contribution in [0.25, 0.3) is 0 Å². The number of nitrogens with zero attached hydrogens (tertiary/aromatic N) is 2. The molecule has 0 aliphatic rings. The van der Waals surface area contributed by atoms with E-state index in [2.05, 4.69) is 44.1 Å². The Labute approximate surface area is 130 Å². The van der Waals surface area contributed by atoms with E-state index in [0.717, 1.165) is 12.1 Å². The normalized spacial score (nSPS) is 14.1. The summed E-state index contributed by atoms with van der Waals surface area (Å²) >= 11 is 0. The van der Waals surface area contributed by atoms with Gasteiger partial charge in [-0.05, 0) is 39.4 Å². The summed E-state index contributed by atoms with van der Waals surface area (Å²) in [5.41, 5.74) is 0.402. The average Bonchev–Trinajstić information content (AvgIpc) is 2.47. The van der Waals surface area contributed by atoms with E-state index in [1.807, 2.05) is 30.3 Å². The summed E-state index contributed by atoms with van der Waals surface area (Å²) in [5.74, 6) is 0. The van der Waals surface area contributed by atoms with Crippen molar-refractivity contribution in [2.45, 2.75) is 51.6 Å². The van der Waals surface area contributed by atoms with E-state index in [9.17, 15) is 5.26 Å². The number of hydrogen-bond acceptors (Lipinski definition) is 3. The highest BCUT2D eigenvalue weighted by molar-refractivity contribution is 5.32. The largest absolute Gasteiger partial charge is 0.303 e. The van der Waals surface area contributed by atoms with E-state index in [-0.39, 0.29) is 6.04 Å². The molecule has 1 aromatic carbocycles. The summed E-state index contributed by atoms with van der Waals surface area (Å²) in [7, 11) is 2.10. The molecule has 3 heteroatoms. The minimum absolute atomic E-state index is 0.258. The summed E-state index contributed by atoms with van der Waals surface area (Å²) in [6.07, 6.45) is 3.65. The van der Waals surface area contributed by atoms with Gasteiger partial charge in [-0.1, -0.05) is 50.1 Å². The predicted molar refractivity (Wildman–Crippen MR) is 89.0 cm³/mol. The van der Waals surface area contributed by atoms with Gasteiger partial charge in [0, 0.05) is 12.6 Å². The summed E-state index contributed by atoms with van der Waals surface area (Å²) in [5, 5.41) is 13.3. The number of nitriles is 1. The summed E-state index contributed by atoms with van der Waals surface area (Å²) in [4.78, 5) is 2.27. The van der Waals surface area contributed by atoms with Gasteiger partial charge in [0.2, 0.25) is 0 Å². The highest BCUT2D eigenvalue weighted by Crippen LogP contribution is 2.22. The van der Waals surface area contributed by atoms with Gasteiger partial charge in [0.05, 0.1) is 6.07 Å². The van der Waals surface area contributed by atoms with Gasteiger partial charge in [0.25, 0.3) is 0 Å². The molecule has 0 fully saturated rings. The first-order valence-corrected chi connectivity index (χ1v) is 7.97. The zero-order valence-corrected chi connectivity index (χ0v) is 13.9. The molecule has 0 aromatic heterocycles. The minimum Gasteiger partial charge on any atom is -0.303 e. The maximum absolute atomic E-state index is 9.86. The monoisotopic (exact) mass is 287 g/mol. The number of benzene rings is 1. The van der Waals surface area contributed by atoms with Crippen LogP contribution in [0, 0.1) is 11.3 Å². The third-order valence-electron chi connectivity index (χ3n) is 3.64. The predicted octanol–water partition coefficient (Wildman–Crippen LogP) is 3.53. The van der Waals surface area contributed by atoms with Gasteiger partial charge < -0.3 is 4.90 Å². The summed E-state index contributed by atoms with van der Waals surface area (Å²) < 4.78 is 0. The van der Waals surface area contributed by atoms with Crippen molar-refractivity contribution in [2.75, 3.05) is 20.1 Å². The Kier molecular flexibility index (Phi) is 7.42. The Morgan fingerprint density at radius 1 is 1.24 bits per heavy atom. The van der Waals surface area contributed by atoms with Gasteiger partial charge >= 0.3 is 0 Å². The van der Waals surface area contributed by atoms with E-state index in [1.165, 1.54) is 19.3 Å². The molecule has 0 heterocycles. The Morgan fingerprint density at radius 3 is 2.43 bits per heavy atom. The van der Waals surface area contributed by atoms with E-state index in [0.29, 0.717) is 6.54 Å². The molecule has 3 nitrogen and oxygen atoms in total. The zero-order valence-electron chi connectivity index (χ0n) is 13.9. The topological polar surface area (TPSA) is 39.1 Å². The lowest BCUT2D eigenvalue weighted by Gasteiger charge is -2.34. The quantitative estimate of drug-likeness (QED) is 0.706. The highest BCUT2D eigenvalue weighted by Gasteiger charge is 2.33. The van der Waals surface area contributed by atoms with Crippen LogP contribution in [0.4, 0.5) is 0 Å². The Hall–Kier alpha value is -1.37. The van der Waals surface area contributed by atoms with Crippen LogP contribution in [0.15, 0.2) is 30.3 Å². The van der Waals surface area contributed by atoms with Crippen molar-refractivity contribution < 1.29 is 0 Å². The number of unbranched alkanes of at least 4 members (excludes halogenated alkanes) is 2. The molecule has 116 valence electrons. The van der Waals surface area contributed by atoms with Gasteiger partial charge in [0.1, 0.15) is 5.54 Å². The van der Waals surface area contributed by atoms with Crippen LogP contribution in [-0.2, 0) is 5.54 Å². The number of hydrogen-bond donors (Lipinski definition) is 1. The second-order valence-electron chi connectivity index (χ2n) is 6.13. The van der Waals surface area contributed by atoms with Crippen LogP contribution >= 0.6 is 0 Å². The van der Waals surface area contributed by atoms with E-state index >= 15 is 0 Å². The molecule has 0 saturated carbocycles. The van der Waals surface area contributed by atoms with Crippen molar-refractivity contribution in [3.63, 3.8) is 0 Å². The average molecular weight is 287 g/mol. The molecule has 21 heavy (non-hydrogen) atoms. The molecule has 0 radical (unpaired) electrons. The maximum atomic E-state index is 9.86. The maximum Gasteiger partial charge on any atom is 0.145 e. The van der Waals surface area contributed by atoms with Crippen LogP contribution < -0.4 is 5.32 Å². The van der Waals surface area contributed by atoms with Gasteiger partial charge in [-0.25, -0.2) is 0 Å². The van der Waals surface area contributed by atoms with Crippen molar-refractivity contribution >= 4 is 0 Å². The second kappa shape index (κ2) is 8.81. The van der Waals surface area contributed by atoms with Crippen molar-refractivity contribution in [3.05, 3.63) is 35.9 Å². The fraction of sp³-hybridized carbons (Fsp3) is 0.611. The first-order chi connectivity index (χ1) is 10.0. The number of likely N-dealkylation sites (N-methyl/N-ethyl adjacent to an activating group) is 1. The van der Waals surface area contributed by atoms with Crippen LogP contribution in [0.5, 0.6) is 0 Å². The first-order valence-electron chi connectivity index (χ1n) is 7.97. The molecule has 1 aromatic rings. The van der Waals surface area contributed by atoms with Crippen LogP contribution in [0.3, 0.4) is 0 Å². The minimum atomic E-state index is -0.642. The van der Waals surface area contributed by atoms with Crippen molar-refractivity contribution in [1.82, 2.24) is 10.2 Å². The van der Waals surface area contributed by atoms with Crippen molar-refractivity contribution in [3.8, 4) is 6.07 Å². The molecule has 0 aliphatic carbocycles. The molecule has 1 rings (SSSR count). The van der Waals surface area contributed by atoms with Crippen molar-refractivity contribution in [2.24, 2.45) is 0 Å². The second-order valence-corrected chi connectivity index (χ2v) is 6.13. The zero-order chi connectivity index (χ0) is 15.7. The summed E-state index contributed by atoms with van der Waals surface area (Å²) in [6, 6.07) is 12.9. The van der Waals surface area contributed by atoms with Crippen LogP contribution in [-0.4, -0.2) is 31.1 Å². The Bertz CT molecular complexity index is 436. The standard InChI is InChI=1S/C18H29N3/c1-5-6-10-13-21(4)15-18(14-19,20-16(2)3)17-11-8-7-9-12-17/h7-9,11-12,16,20H,5-6,10,13,15H2,1-4H3. The lowest BCUT2D eigenvalue weighted by molar-refractivity contribution is 0.235.